The van der Waals surface area contributed by atoms with E-state index < -0.39 is 35.0 Å². The molecule has 2 unspecified atom stereocenters. The van der Waals surface area contributed by atoms with Crippen molar-refractivity contribution in [3.05, 3.63) is 25.3 Å². The number of carbonyl (C=O) groups is 3. The number of aliphatic hydroxyl groups is 1. The fourth-order valence-electron chi connectivity index (χ4n) is 6.30. The number of amides is 2. The van der Waals surface area contributed by atoms with Crippen LogP contribution in [0.5, 0.6) is 0 Å². The van der Waals surface area contributed by atoms with Gasteiger partial charge in [-0.1, -0.05) is 32.4 Å². The molecule has 0 saturated carbocycles. The van der Waals surface area contributed by atoms with Crippen molar-refractivity contribution >= 4 is 17.8 Å². The molecule has 3 fully saturated rings. The van der Waals surface area contributed by atoms with Gasteiger partial charge >= 0.3 is 5.97 Å². The third kappa shape index (κ3) is 4.79. The van der Waals surface area contributed by atoms with Crippen LogP contribution >= 0.6 is 0 Å². The van der Waals surface area contributed by atoms with Gasteiger partial charge in [-0.25, -0.2) is 0 Å². The predicted octanol–water partition coefficient (Wildman–Crippen LogP) is 2.85. The molecule has 2 bridgehead atoms. The quantitative estimate of drug-likeness (QED) is 0.215. The summed E-state index contributed by atoms with van der Waals surface area (Å²) in [5, 5.41) is 9.48. The molecule has 0 aromatic heterocycles. The Hall–Kier alpha value is -2.19. The molecular weight excluding hydrogens is 448 g/mol. The molecular formula is C27H42N2O6. The van der Waals surface area contributed by atoms with E-state index in [9.17, 15) is 19.5 Å². The van der Waals surface area contributed by atoms with E-state index in [2.05, 4.69) is 20.1 Å². The molecule has 8 heteroatoms. The first kappa shape index (κ1) is 27.4. The smallest absolute Gasteiger partial charge is 0.312 e. The van der Waals surface area contributed by atoms with Crippen molar-refractivity contribution in [2.75, 3.05) is 32.8 Å². The molecule has 0 aromatic carbocycles. The van der Waals surface area contributed by atoms with E-state index in [4.69, 9.17) is 9.47 Å². The van der Waals surface area contributed by atoms with Crippen molar-refractivity contribution in [1.29, 1.82) is 0 Å². The minimum absolute atomic E-state index is 0.0942. The van der Waals surface area contributed by atoms with Gasteiger partial charge in [0.2, 0.25) is 11.8 Å². The lowest BCUT2D eigenvalue weighted by atomic mass is 9.65. The lowest BCUT2D eigenvalue weighted by molar-refractivity contribution is -0.162. The number of carbonyl (C=O) groups excluding carboxylic acids is 3. The van der Waals surface area contributed by atoms with Gasteiger partial charge in [0, 0.05) is 26.2 Å². The van der Waals surface area contributed by atoms with E-state index in [1.807, 2.05) is 6.92 Å². The average molecular weight is 491 g/mol. The highest BCUT2D eigenvalue weighted by Gasteiger charge is 2.79. The van der Waals surface area contributed by atoms with E-state index in [1.165, 1.54) is 0 Å². The molecule has 3 aliphatic rings. The second-order valence-corrected chi connectivity index (χ2v) is 9.97. The maximum Gasteiger partial charge on any atom is 0.312 e. The molecule has 8 nitrogen and oxygen atoms in total. The topological polar surface area (TPSA) is 96.4 Å². The number of aliphatic hydroxyl groups excluding tert-OH is 1. The normalized spacial score (nSPS) is 30.9. The van der Waals surface area contributed by atoms with Crippen molar-refractivity contribution in [2.45, 2.75) is 82.5 Å². The maximum atomic E-state index is 14.0. The zero-order valence-corrected chi connectivity index (χ0v) is 21.4. The summed E-state index contributed by atoms with van der Waals surface area (Å²) in [6, 6.07) is -0.824. The third-order valence-corrected chi connectivity index (χ3v) is 7.97. The molecule has 0 aromatic rings. The Labute approximate surface area is 209 Å². The lowest BCUT2D eigenvalue weighted by Gasteiger charge is -2.37. The van der Waals surface area contributed by atoms with E-state index in [0.29, 0.717) is 45.2 Å². The molecule has 196 valence electrons. The van der Waals surface area contributed by atoms with Gasteiger partial charge in [0.05, 0.1) is 18.1 Å². The van der Waals surface area contributed by atoms with Gasteiger partial charge in [0.25, 0.3) is 0 Å². The largest absolute Gasteiger partial charge is 0.465 e. The summed E-state index contributed by atoms with van der Waals surface area (Å²) in [4.78, 5) is 44.6. The fraction of sp³-hybridized carbons (Fsp3) is 0.741. The van der Waals surface area contributed by atoms with Gasteiger partial charge in [0.15, 0.2) is 0 Å². The van der Waals surface area contributed by atoms with E-state index >= 15 is 0 Å². The van der Waals surface area contributed by atoms with Crippen LogP contribution in [0.3, 0.4) is 0 Å². The zero-order chi connectivity index (χ0) is 25.6. The van der Waals surface area contributed by atoms with Crippen LogP contribution in [-0.4, -0.2) is 82.8 Å². The predicted molar refractivity (Wildman–Crippen MR) is 132 cm³/mol. The summed E-state index contributed by atoms with van der Waals surface area (Å²) >= 11 is 0. The maximum absolute atomic E-state index is 14.0. The Kier molecular flexibility index (Phi) is 9.16. The number of fused-ring (bicyclic) bond motifs is 1. The summed E-state index contributed by atoms with van der Waals surface area (Å²) < 4.78 is 12.3. The van der Waals surface area contributed by atoms with Gasteiger partial charge < -0.3 is 24.4 Å². The summed E-state index contributed by atoms with van der Waals surface area (Å²) in [7, 11) is 0. The fourth-order valence-corrected chi connectivity index (χ4v) is 6.30. The number of hydrogen-bond donors (Lipinski definition) is 1. The number of nitrogens with zero attached hydrogens (tertiary/aromatic N) is 2. The molecule has 3 saturated heterocycles. The molecule has 3 rings (SSSR count). The van der Waals surface area contributed by atoms with Gasteiger partial charge in [-0.15, -0.1) is 13.2 Å². The first-order valence-corrected chi connectivity index (χ1v) is 13.2. The number of likely N-dealkylation sites (tertiary alicyclic amines) is 1. The SMILES string of the molecule is C=CCCCOC(=O)[C@H]1[C@H]2C(=O)N(CCCO)C(C(=O)N(CC=C)CCCC)C23CC[C@]1(CC)O3. The standard InChI is InChI=1S/C27H42N2O6/c1-5-9-11-19-34-25(33)21-20-23(31)29(17-12-18-30)22(24(32)28(15-7-3)16-10-6-2)27(20)14-13-26(21,8-4)35-27/h5,7,20-22,30H,1,3,6,8-19H2,2,4H3/t20-,21+,22?,26-,27?/m0/s1. The van der Waals surface area contributed by atoms with Crippen molar-refractivity contribution in [3.63, 3.8) is 0 Å². The number of esters is 1. The van der Waals surface area contributed by atoms with Gasteiger partial charge in [0.1, 0.15) is 17.6 Å². The molecule has 3 aliphatic heterocycles. The van der Waals surface area contributed by atoms with E-state index in [1.54, 1.807) is 22.0 Å². The highest BCUT2D eigenvalue weighted by atomic mass is 16.6. The minimum Gasteiger partial charge on any atom is -0.465 e. The first-order chi connectivity index (χ1) is 16.9. The molecule has 5 atom stereocenters. The van der Waals surface area contributed by atoms with Crippen LogP contribution in [-0.2, 0) is 23.9 Å². The Morgan fingerprint density at radius 1 is 1.23 bits per heavy atom. The first-order valence-electron chi connectivity index (χ1n) is 13.2. The minimum atomic E-state index is -1.06. The molecule has 3 heterocycles. The van der Waals surface area contributed by atoms with Crippen LogP contribution in [0.2, 0.25) is 0 Å². The zero-order valence-electron chi connectivity index (χ0n) is 21.4. The summed E-state index contributed by atoms with van der Waals surface area (Å²) in [5.41, 5.74) is -1.86. The molecule has 1 spiro atoms. The summed E-state index contributed by atoms with van der Waals surface area (Å²) in [6.45, 7) is 12.9. The van der Waals surface area contributed by atoms with Crippen molar-refractivity contribution in [1.82, 2.24) is 9.80 Å². The van der Waals surface area contributed by atoms with Crippen LogP contribution in [0.15, 0.2) is 25.3 Å². The molecule has 1 N–H and O–H groups in total. The van der Waals surface area contributed by atoms with Gasteiger partial charge in [-0.3, -0.25) is 14.4 Å². The van der Waals surface area contributed by atoms with E-state index in [-0.39, 0.29) is 31.6 Å². The number of hydrogen-bond acceptors (Lipinski definition) is 6. The molecule has 35 heavy (non-hydrogen) atoms. The van der Waals surface area contributed by atoms with E-state index in [0.717, 1.165) is 19.3 Å². The Morgan fingerprint density at radius 2 is 2.00 bits per heavy atom. The second kappa shape index (κ2) is 11.7. The Morgan fingerprint density at radius 3 is 2.63 bits per heavy atom. The Balaban J connectivity index is 1.98. The number of unbranched alkanes of at least 4 members (excludes halogenated alkanes) is 2. The van der Waals surface area contributed by atoms with Crippen LogP contribution in [0.4, 0.5) is 0 Å². The molecule has 2 amide bonds. The molecule has 0 aliphatic carbocycles. The molecule has 0 radical (unpaired) electrons. The van der Waals surface area contributed by atoms with Crippen molar-refractivity contribution in [3.8, 4) is 0 Å². The third-order valence-electron chi connectivity index (χ3n) is 7.97. The highest BCUT2D eigenvalue weighted by Crippen LogP contribution is 2.64. The number of rotatable bonds is 15. The Bertz CT molecular complexity index is 815. The number of allylic oxidation sites excluding steroid dienone is 1. The average Bonchev–Trinajstić information content (AvgIpc) is 3.46. The lowest BCUT2D eigenvalue weighted by Crippen LogP contribution is -2.56. The van der Waals surface area contributed by atoms with Crippen molar-refractivity contribution < 1.29 is 29.0 Å². The van der Waals surface area contributed by atoms with Gasteiger partial charge in [-0.2, -0.15) is 0 Å². The monoisotopic (exact) mass is 490 g/mol. The van der Waals surface area contributed by atoms with Crippen LogP contribution in [0, 0.1) is 11.8 Å². The second-order valence-electron chi connectivity index (χ2n) is 9.97. The van der Waals surface area contributed by atoms with Crippen LogP contribution < -0.4 is 0 Å². The van der Waals surface area contributed by atoms with Gasteiger partial charge in [-0.05, 0) is 44.9 Å². The number of ether oxygens (including phenoxy) is 2. The summed E-state index contributed by atoms with van der Waals surface area (Å²) in [5.74, 6) is -2.32. The van der Waals surface area contributed by atoms with Crippen LogP contribution in [0.1, 0.15) is 65.2 Å². The van der Waals surface area contributed by atoms with Crippen LogP contribution in [0.25, 0.3) is 0 Å². The summed E-state index contributed by atoms with van der Waals surface area (Å²) in [6.07, 6.45) is 8.72. The van der Waals surface area contributed by atoms with Crippen molar-refractivity contribution in [2.24, 2.45) is 11.8 Å². The highest BCUT2D eigenvalue weighted by molar-refractivity contribution is 5.98.